The van der Waals surface area contributed by atoms with E-state index in [2.05, 4.69) is 20.5 Å². The minimum Gasteiger partial charge on any atom is -0.545 e. The molecule has 0 saturated carbocycles. The summed E-state index contributed by atoms with van der Waals surface area (Å²) in [6.45, 7) is 1.41. The van der Waals surface area contributed by atoms with Crippen molar-refractivity contribution in [3.05, 3.63) is 65.6 Å². The summed E-state index contributed by atoms with van der Waals surface area (Å²) in [6.07, 6.45) is 4.74. The van der Waals surface area contributed by atoms with Crippen LogP contribution in [0.5, 0.6) is 0 Å². The molecule has 0 fully saturated rings. The van der Waals surface area contributed by atoms with Crippen molar-refractivity contribution in [3.63, 3.8) is 0 Å². The number of carbonyl (C=O) groups excluding carboxylic acids is 2. The van der Waals surface area contributed by atoms with Crippen molar-refractivity contribution in [2.75, 3.05) is 5.32 Å². The Bertz CT molecular complexity index is 945. The average Bonchev–Trinajstić information content (AvgIpc) is 3.12. The van der Waals surface area contributed by atoms with Crippen LogP contribution in [0.25, 0.3) is 5.82 Å². The van der Waals surface area contributed by atoms with Gasteiger partial charge in [-0.3, -0.25) is 9.36 Å². The Morgan fingerprint density at radius 2 is 2.00 bits per heavy atom. The van der Waals surface area contributed by atoms with E-state index in [9.17, 15) is 19.1 Å². The van der Waals surface area contributed by atoms with Gasteiger partial charge in [-0.2, -0.15) is 0 Å². The van der Waals surface area contributed by atoms with Crippen LogP contribution in [0.1, 0.15) is 26.4 Å². The Morgan fingerprint density at radius 1 is 1.23 bits per heavy atom. The number of benzene rings is 1. The second kappa shape index (κ2) is 7.91. The van der Waals surface area contributed by atoms with Crippen molar-refractivity contribution < 1.29 is 37.9 Å². The third-order valence-electron chi connectivity index (χ3n) is 3.42. The van der Waals surface area contributed by atoms with Gasteiger partial charge in [-0.25, -0.2) is 9.37 Å². The Morgan fingerprint density at radius 3 is 2.58 bits per heavy atom. The predicted molar refractivity (Wildman–Crippen MR) is 82.6 cm³/mol. The fourth-order valence-electron chi connectivity index (χ4n) is 2.12. The number of rotatable bonds is 4. The molecule has 0 atom stereocenters. The first-order chi connectivity index (χ1) is 12.0. The van der Waals surface area contributed by atoms with Gasteiger partial charge in [0.05, 0.1) is 11.7 Å². The largest absolute Gasteiger partial charge is 1.00 e. The molecule has 0 aliphatic heterocycles. The van der Waals surface area contributed by atoms with E-state index in [-0.39, 0.29) is 41.4 Å². The average molecular weight is 347 g/mol. The molecule has 1 amide bonds. The van der Waals surface area contributed by atoms with Gasteiger partial charge < -0.3 is 15.2 Å². The van der Waals surface area contributed by atoms with Crippen LogP contribution < -0.4 is 29.3 Å². The normalized spacial score (nSPS) is 10.1. The third kappa shape index (κ3) is 3.96. The van der Waals surface area contributed by atoms with E-state index in [1.165, 1.54) is 19.3 Å². The zero-order valence-electron chi connectivity index (χ0n) is 13.9. The van der Waals surface area contributed by atoms with Gasteiger partial charge in [0.15, 0.2) is 11.5 Å². The van der Waals surface area contributed by atoms with Crippen molar-refractivity contribution in [3.8, 4) is 5.82 Å². The predicted octanol–water partition coefficient (Wildman–Crippen LogP) is -2.27. The number of nitrogens with one attached hydrogen (secondary N) is 1. The summed E-state index contributed by atoms with van der Waals surface area (Å²) < 4.78 is 15.3. The summed E-state index contributed by atoms with van der Waals surface area (Å²) in [5, 5.41) is 21.1. The van der Waals surface area contributed by atoms with Crippen molar-refractivity contribution >= 4 is 17.6 Å². The van der Waals surface area contributed by atoms with E-state index in [0.29, 0.717) is 5.82 Å². The number of carbonyl (C=O) groups is 2. The van der Waals surface area contributed by atoms with Crippen LogP contribution in [0, 0.1) is 12.7 Å². The number of halogens is 1. The van der Waals surface area contributed by atoms with E-state index in [4.69, 9.17) is 0 Å². The Labute approximate surface area is 159 Å². The number of hydrogen-bond acceptors (Lipinski definition) is 6. The van der Waals surface area contributed by atoms with Gasteiger partial charge in [-0.05, 0) is 36.8 Å². The van der Waals surface area contributed by atoms with E-state index in [0.717, 1.165) is 12.1 Å². The van der Waals surface area contributed by atoms with Crippen LogP contribution in [0.2, 0.25) is 0 Å². The van der Waals surface area contributed by atoms with Gasteiger partial charge in [0.2, 0.25) is 0 Å². The number of hydrogen-bond donors (Lipinski definition) is 1. The molecule has 0 bridgehead atoms. The van der Waals surface area contributed by atoms with Crippen LogP contribution in [0.3, 0.4) is 0 Å². The molecule has 1 aromatic carbocycles. The molecule has 0 spiro atoms. The molecular weight excluding hydrogens is 336 g/mol. The van der Waals surface area contributed by atoms with Gasteiger partial charge in [-0.1, -0.05) is 0 Å². The molecule has 3 rings (SSSR count). The first-order valence-electron chi connectivity index (χ1n) is 7.10. The van der Waals surface area contributed by atoms with Crippen molar-refractivity contribution in [1.82, 2.24) is 19.7 Å². The number of aromatic nitrogens is 4. The van der Waals surface area contributed by atoms with E-state index < -0.39 is 17.7 Å². The summed E-state index contributed by atoms with van der Waals surface area (Å²) >= 11 is 0. The Balaban J connectivity index is 0.00000243. The summed E-state index contributed by atoms with van der Waals surface area (Å²) in [5.41, 5.74) is -0.473. The molecule has 2 aromatic heterocycles. The smallest absolute Gasteiger partial charge is 0.545 e. The van der Waals surface area contributed by atoms with Crippen molar-refractivity contribution in [2.24, 2.45) is 0 Å². The number of nitrogens with zero attached hydrogens (tertiary/aromatic N) is 4. The molecule has 8 nitrogen and oxygen atoms in total. The third-order valence-corrected chi connectivity index (χ3v) is 3.42. The molecule has 26 heavy (non-hydrogen) atoms. The fourth-order valence-corrected chi connectivity index (χ4v) is 2.12. The van der Waals surface area contributed by atoms with Crippen LogP contribution in [0.4, 0.5) is 10.1 Å². The SMILES string of the molecule is Cc1cc(C(=O)[O-])c(NC(=O)c2ccc(-n3ccnc3)nn2)cc1F.[Li+]. The molecule has 3 aromatic rings. The second-order valence-corrected chi connectivity index (χ2v) is 5.14. The fraction of sp³-hybridized carbons (Fsp3) is 0.0625. The number of carboxylic acid groups (broad SMARTS) is 1. The maximum atomic E-state index is 13.7. The van der Waals surface area contributed by atoms with Crippen molar-refractivity contribution in [1.29, 1.82) is 0 Å². The summed E-state index contributed by atoms with van der Waals surface area (Å²) in [5.74, 6) is -2.46. The van der Waals surface area contributed by atoms with Crippen LogP contribution in [0.15, 0.2) is 43.0 Å². The van der Waals surface area contributed by atoms with Gasteiger partial charge in [-0.15, -0.1) is 10.2 Å². The molecule has 126 valence electrons. The van der Waals surface area contributed by atoms with E-state index in [1.54, 1.807) is 23.0 Å². The second-order valence-electron chi connectivity index (χ2n) is 5.14. The molecule has 0 aliphatic rings. The van der Waals surface area contributed by atoms with Crippen LogP contribution in [-0.2, 0) is 0 Å². The molecular formula is C16H11FLiN5O3. The zero-order valence-corrected chi connectivity index (χ0v) is 13.9. The molecule has 1 N–H and O–H groups in total. The maximum Gasteiger partial charge on any atom is 1.00 e. The first-order valence-corrected chi connectivity index (χ1v) is 7.10. The minimum atomic E-state index is -1.53. The summed E-state index contributed by atoms with van der Waals surface area (Å²) in [4.78, 5) is 27.2. The number of aromatic carboxylic acids is 1. The van der Waals surface area contributed by atoms with E-state index in [1.807, 2.05) is 0 Å². The molecule has 0 unspecified atom stereocenters. The Kier molecular flexibility index (Phi) is 5.87. The van der Waals surface area contributed by atoms with E-state index >= 15 is 0 Å². The van der Waals surface area contributed by atoms with Crippen molar-refractivity contribution in [2.45, 2.75) is 6.92 Å². The maximum absolute atomic E-state index is 13.7. The molecule has 2 heterocycles. The van der Waals surface area contributed by atoms with Gasteiger partial charge in [0, 0.05) is 18.0 Å². The molecule has 10 heteroatoms. The number of aryl methyl sites for hydroxylation is 1. The van der Waals surface area contributed by atoms with Gasteiger partial charge in [0.25, 0.3) is 5.91 Å². The van der Waals surface area contributed by atoms with Crippen LogP contribution in [-0.4, -0.2) is 31.6 Å². The number of amides is 1. The first kappa shape index (κ1) is 19.3. The quantitative estimate of drug-likeness (QED) is 0.533. The molecule has 0 saturated heterocycles. The number of anilines is 1. The zero-order chi connectivity index (χ0) is 18.0. The molecule has 0 aliphatic carbocycles. The Hall–Kier alpha value is -3.02. The molecule has 0 radical (unpaired) electrons. The number of imidazole rings is 1. The standard InChI is InChI=1S/C16H12FN5O3.Li/c1-9-6-10(16(24)25)13(7-11(9)17)19-15(23)12-2-3-14(21-20-12)22-5-4-18-8-22;/h2-8H,1H3,(H,19,23)(H,24,25);/q;+1/p-1. The van der Waals surface area contributed by atoms with Gasteiger partial charge >= 0.3 is 18.9 Å². The monoisotopic (exact) mass is 347 g/mol. The summed E-state index contributed by atoms with van der Waals surface area (Å²) in [7, 11) is 0. The number of carboxylic acids is 1. The van der Waals surface area contributed by atoms with Gasteiger partial charge in [0.1, 0.15) is 12.1 Å². The van der Waals surface area contributed by atoms with Crippen LogP contribution >= 0.6 is 0 Å². The topological polar surface area (TPSA) is 113 Å². The minimum absolute atomic E-state index is 0. The summed E-state index contributed by atoms with van der Waals surface area (Å²) in [6, 6.07) is 4.96.